The molecule has 0 saturated carbocycles. The van der Waals surface area contributed by atoms with Gasteiger partial charge in [-0.15, -0.1) is 0 Å². The molecule has 2 aromatic carbocycles. The lowest BCUT2D eigenvalue weighted by Crippen LogP contribution is -2.50. The van der Waals surface area contributed by atoms with Crippen LogP contribution < -0.4 is 11.2 Å². The van der Waals surface area contributed by atoms with E-state index in [-0.39, 0.29) is 30.1 Å². The van der Waals surface area contributed by atoms with Crippen molar-refractivity contribution in [3.05, 3.63) is 132 Å². The molecule has 2 atom stereocenters. The van der Waals surface area contributed by atoms with Crippen LogP contribution >= 0.6 is 11.6 Å². The Balaban J connectivity index is 1.13. The van der Waals surface area contributed by atoms with E-state index in [2.05, 4.69) is 25.8 Å². The maximum absolute atomic E-state index is 14.9. The Morgan fingerprint density at radius 3 is 2.37 bits per heavy atom. The summed E-state index contributed by atoms with van der Waals surface area (Å²) in [6.07, 6.45) is 6.47. The van der Waals surface area contributed by atoms with Crippen molar-refractivity contribution in [2.24, 2.45) is 5.92 Å². The maximum Gasteiger partial charge on any atom is 0.331 e. The smallest absolute Gasteiger partial charge is 0.301 e. The number of piperidine rings is 1. The first-order valence-corrected chi connectivity index (χ1v) is 17.8. The minimum Gasteiger partial charge on any atom is -0.301 e. The molecule has 7 rings (SSSR count). The predicted octanol–water partition coefficient (Wildman–Crippen LogP) is 5.32. The van der Waals surface area contributed by atoms with Crippen molar-refractivity contribution in [3.63, 3.8) is 0 Å². The summed E-state index contributed by atoms with van der Waals surface area (Å²) in [5, 5.41) is 0.659. The number of hydrogen-bond acceptors (Lipinski definition) is 6. The van der Waals surface area contributed by atoms with Gasteiger partial charge in [-0.25, -0.2) is 13.6 Å². The average molecular weight is 689 g/mol. The highest BCUT2D eigenvalue weighted by Gasteiger charge is 2.31. The Labute approximate surface area is 290 Å². The summed E-state index contributed by atoms with van der Waals surface area (Å²) in [5.74, 6) is -1.30. The van der Waals surface area contributed by atoms with Gasteiger partial charge in [0.2, 0.25) is 0 Å². The van der Waals surface area contributed by atoms with Crippen molar-refractivity contribution < 1.29 is 8.78 Å². The molecule has 2 aromatic heterocycles. The van der Waals surface area contributed by atoms with Crippen LogP contribution in [-0.2, 0) is 39.1 Å². The Morgan fingerprint density at radius 1 is 0.796 bits per heavy atom. The number of nitrogens with zero attached hydrogens (tertiary/aromatic N) is 6. The fourth-order valence-electron chi connectivity index (χ4n) is 7.99. The van der Waals surface area contributed by atoms with E-state index in [1.165, 1.54) is 27.3 Å². The van der Waals surface area contributed by atoms with Gasteiger partial charge in [-0.2, -0.15) is 0 Å². The van der Waals surface area contributed by atoms with Crippen LogP contribution in [0.15, 0.2) is 76.4 Å². The maximum atomic E-state index is 14.9. The Kier molecular flexibility index (Phi) is 10.4. The molecule has 0 aliphatic carbocycles. The van der Waals surface area contributed by atoms with Gasteiger partial charge in [0, 0.05) is 80.8 Å². The van der Waals surface area contributed by atoms with E-state index in [1.54, 1.807) is 0 Å². The van der Waals surface area contributed by atoms with Crippen molar-refractivity contribution in [2.75, 3.05) is 32.7 Å². The van der Waals surface area contributed by atoms with Gasteiger partial charge in [0.15, 0.2) is 0 Å². The molecule has 2 fully saturated rings. The number of fused-ring (bicyclic) bond motifs is 1. The second kappa shape index (κ2) is 15.0. The molecule has 8 nitrogen and oxygen atoms in total. The fourth-order valence-corrected chi connectivity index (χ4v) is 8.12. The van der Waals surface area contributed by atoms with Gasteiger partial charge in [-0.1, -0.05) is 35.9 Å². The van der Waals surface area contributed by atoms with Crippen molar-refractivity contribution in [3.8, 4) is 0 Å². The largest absolute Gasteiger partial charge is 0.331 e. The molecule has 0 unspecified atom stereocenters. The van der Waals surface area contributed by atoms with Gasteiger partial charge >= 0.3 is 5.69 Å². The van der Waals surface area contributed by atoms with E-state index in [1.807, 2.05) is 42.6 Å². The summed E-state index contributed by atoms with van der Waals surface area (Å²) in [6, 6.07) is 17.9. The minimum atomic E-state index is -0.703. The number of pyridine rings is 1. The van der Waals surface area contributed by atoms with Crippen LogP contribution in [0, 0.1) is 17.6 Å². The average Bonchev–Trinajstić information content (AvgIpc) is 3.53. The summed E-state index contributed by atoms with van der Waals surface area (Å²) in [7, 11) is 0. The molecule has 2 saturated heterocycles. The number of benzene rings is 2. The molecule has 0 amide bonds. The molecule has 3 aliphatic heterocycles. The van der Waals surface area contributed by atoms with E-state index in [0.717, 1.165) is 69.7 Å². The lowest BCUT2D eigenvalue weighted by atomic mass is 9.97. The van der Waals surface area contributed by atoms with Crippen LogP contribution in [0.25, 0.3) is 0 Å². The van der Waals surface area contributed by atoms with Gasteiger partial charge in [0.1, 0.15) is 11.6 Å². The molecule has 0 N–H and O–H groups in total. The quantitative estimate of drug-likeness (QED) is 0.225. The lowest BCUT2D eigenvalue weighted by molar-refractivity contribution is 0.115. The summed E-state index contributed by atoms with van der Waals surface area (Å²) in [5.41, 5.74) is 2.29. The van der Waals surface area contributed by atoms with Crippen LogP contribution in [0.3, 0.4) is 0 Å². The molecule has 0 radical (unpaired) electrons. The Bertz CT molecular complexity index is 1860. The summed E-state index contributed by atoms with van der Waals surface area (Å²) in [6.45, 7) is 6.20. The third-order valence-corrected chi connectivity index (χ3v) is 10.7. The molecule has 5 heterocycles. The molecule has 258 valence electrons. The van der Waals surface area contributed by atoms with Crippen molar-refractivity contribution in [1.82, 2.24) is 28.8 Å². The first kappa shape index (κ1) is 33.8. The van der Waals surface area contributed by atoms with E-state index in [9.17, 15) is 18.4 Å². The second-order valence-electron chi connectivity index (χ2n) is 13.9. The predicted molar refractivity (Wildman–Crippen MR) is 187 cm³/mol. The highest BCUT2D eigenvalue weighted by Crippen LogP contribution is 2.25. The third kappa shape index (κ3) is 7.72. The molecule has 0 spiro atoms. The first-order chi connectivity index (χ1) is 23.8. The van der Waals surface area contributed by atoms with Crippen molar-refractivity contribution in [1.29, 1.82) is 0 Å². The number of likely N-dealkylation sites (tertiary alicyclic amines) is 2. The molecule has 3 aliphatic rings. The van der Waals surface area contributed by atoms with Crippen LogP contribution in [0.2, 0.25) is 5.02 Å². The second-order valence-corrected chi connectivity index (χ2v) is 14.3. The van der Waals surface area contributed by atoms with Gasteiger partial charge in [0.05, 0.1) is 17.8 Å². The van der Waals surface area contributed by atoms with Crippen LogP contribution in [0.1, 0.15) is 53.8 Å². The van der Waals surface area contributed by atoms with Crippen LogP contribution in [0.5, 0.6) is 0 Å². The summed E-state index contributed by atoms with van der Waals surface area (Å²) >= 11 is 6.10. The topological polar surface area (TPSA) is 66.6 Å². The van der Waals surface area contributed by atoms with Gasteiger partial charge in [-0.05, 0) is 86.7 Å². The number of hydrogen-bond donors (Lipinski definition) is 0. The molecule has 49 heavy (non-hydrogen) atoms. The van der Waals surface area contributed by atoms with Crippen LogP contribution in [-0.4, -0.2) is 67.6 Å². The normalized spacial score (nSPS) is 20.5. The molecule has 0 bridgehead atoms. The zero-order valence-corrected chi connectivity index (χ0v) is 28.5. The zero-order valence-electron chi connectivity index (χ0n) is 27.7. The monoisotopic (exact) mass is 688 g/mol. The van der Waals surface area contributed by atoms with E-state index in [0.29, 0.717) is 48.4 Å². The third-order valence-electron chi connectivity index (χ3n) is 10.5. The van der Waals surface area contributed by atoms with E-state index in [4.69, 9.17) is 11.6 Å². The first-order valence-electron chi connectivity index (χ1n) is 17.4. The SMILES string of the molecule is O=c1c2c(n(Cc3c(F)cccc3F)c(=O)n1C[C@@H]1CCCN(C[C@@H]3CCCN3Cc3ccccn3)C1)CCN(Cc1ccc(Cl)cc1)C2. The molecule has 11 heteroatoms. The number of aromatic nitrogens is 3. The summed E-state index contributed by atoms with van der Waals surface area (Å²) in [4.78, 5) is 40.1. The molecular weight excluding hydrogens is 646 g/mol. The Morgan fingerprint density at radius 2 is 1.59 bits per heavy atom. The van der Waals surface area contributed by atoms with Crippen molar-refractivity contribution >= 4 is 11.6 Å². The van der Waals surface area contributed by atoms with Gasteiger partial charge in [-0.3, -0.25) is 28.7 Å². The Hall–Kier alpha value is -3.70. The highest BCUT2D eigenvalue weighted by molar-refractivity contribution is 6.30. The number of halogens is 3. The van der Waals surface area contributed by atoms with Crippen LogP contribution in [0.4, 0.5) is 8.78 Å². The van der Waals surface area contributed by atoms with E-state index < -0.39 is 17.3 Å². The van der Waals surface area contributed by atoms with Gasteiger partial charge in [0.25, 0.3) is 5.56 Å². The zero-order chi connectivity index (χ0) is 33.9. The lowest BCUT2D eigenvalue weighted by Gasteiger charge is -2.37. The highest BCUT2D eigenvalue weighted by atomic mass is 35.5. The fraction of sp³-hybridized carbons (Fsp3) is 0.447. The molecular formula is C38H43ClF2N6O2. The number of rotatable bonds is 10. The van der Waals surface area contributed by atoms with Gasteiger partial charge < -0.3 is 4.90 Å². The standard InChI is InChI=1S/C38H43ClF2N6O2/c39-29-13-11-27(12-14-29)20-44-19-15-36-33(25-44)37(48)47(38(49)46(36)26-32-34(40)9-3-10-35(32)41)22-28-6-4-17-43(21-28)24-31-8-5-18-45(31)23-30-7-1-2-16-42-30/h1-3,7,9-14,16,28,31H,4-6,8,15,17-26H2/t28-,31+/m1/s1. The van der Waals surface area contributed by atoms with Crippen molar-refractivity contribution in [2.45, 2.75) is 70.9 Å². The molecule has 4 aromatic rings. The minimum absolute atomic E-state index is 0.107. The summed E-state index contributed by atoms with van der Waals surface area (Å²) < 4.78 is 32.6. The van der Waals surface area contributed by atoms with E-state index >= 15 is 0 Å².